The minimum absolute atomic E-state index is 0.121. The van der Waals surface area contributed by atoms with Crippen LogP contribution in [0.5, 0.6) is 5.75 Å². The number of nitrogens with two attached hydrogens (primary N) is 1. The number of amides is 1. The molecule has 35 heavy (non-hydrogen) atoms. The van der Waals surface area contributed by atoms with Crippen LogP contribution in [-0.4, -0.2) is 77.6 Å². The van der Waals surface area contributed by atoms with E-state index in [1.165, 1.54) is 6.33 Å². The number of anilines is 1. The summed E-state index contributed by atoms with van der Waals surface area (Å²) in [6, 6.07) is 8.09. The van der Waals surface area contributed by atoms with Gasteiger partial charge in [0.25, 0.3) is 0 Å². The van der Waals surface area contributed by atoms with Crippen molar-refractivity contribution in [3.05, 3.63) is 48.1 Å². The number of piperazine rings is 1. The van der Waals surface area contributed by atoms with Gasteiger partial charge in [-0.25, -0.2) is 20.8 Å². The standard InChI is InChI=1S/C25H35N7O2S/c1-18(16-27-19(2)30-10-12-31(13-11-30)20(3)33)23-15-25(29-17-28-23)32(26)9-8-21-6-7-22(35-5)14-24(21)34-4/h6-7,14-17H,8-13,26H2,1-5H3/b18-16+,27-19+. The summed E-state index contributed by atoms with van der Waals surface area (Å²) < 4.78 is 5.54. The lowest BCUT2D eigenvalue weighted by molar-refractivity contribution is -0.130. The summed E-state index contributed by atoms with van der Waals surface area (Å²) in [4.78, 5) is 30.1. The van der Waals surface area contributed by atoms with E-state index in [1.54, 1.807) is 30.8 Å². The molecule has 0 unspecified atom stereocenters. The van der Waals surface area contributed by atoms with Crippen molar-refractivity contribution in [2.75, 3.05) is 51.1 Å². The maximum absolute atomic E-state index is 11.5. The van der Waals surface area contributed by atoms with Crippen molar-refractivity contribution in [2.45, 2.75) is 32.1 Å². The van der Waals surface area contributed by atoms with Gasteiger partial charge in [-0.15, -0.1) is 11.8 Å². The van der Waals surface area contributed by atoms with Crippen LogP contribution in [0.25, 0.3) is 5.57 Å². The number of thioether (sulfide) groups is 1. The van der Waals surface area contributed by atoms with Gasteiger partial charge in [-0.05, 0) is 49.8 Å². The lowest BCUT2D eigenvalue weighted by atomic mass is 10.1. The second-order valence-corrected chi connectivity index (χ2v) is 9.24. The monoisotopic (exact) mass is 497 g/mol. The topological polar surface area (TPSA) is 100 Å². The van der Waals surface area contributed by atoms with Crippen LogP contribution in [-0.2, 0) is 11.2 Å². The van der Waals surface area contributed by atoms with Gasteiger partial charge in [0, 0.05) is 56.8 Å². The number of rotatable bonds is 8. The number of methoxy groups -OCH3 is 1. The molecule has 0 bridgehead atoms. The van der Waals surface area contributed by atoms with Gasteiger partial charge in [0.1, 0.15) is 23.7 Å². The Bertz CT molecular complexity index is 1080. The first-order valence-corrected chi connectivity index (χ1v) is 12.8. The Morgan fingerprint density at radius 2 is 1.89 bits per heavy atom. The van der Waals surface area contributed by atoms with Crippen molar-refractivity contribution in [3.8, 4) is 5.75 Å². The zero-order valence-electron chi connectivity index (χ0n) is 21.2. The molecular formula is C25H35N7O2S. The van der Waals surface area contributed by atoms with Gasteiger partial charge in [0.2, 0.25) is 5.91 Å². The van der Waals surface area contributed by atoms with E-state index >= 15 is 0 Å². The molecule has 1 aromatic heterocycles. The van der Waals surface area contributed by atoms with Crippen LogP contribution in [0, 0.1) is 0 Å². The van der Waals surface area contributed by atoms with E-state index in [1.807, 2.05) is 43.3 Å². The van der Waals surface area contributed by atoms with E-state index in [2.05, 4.69) is 32.0 Å². The number of carbonyl (C=O) groups excluding carboxylic acids is 1. The molecule has 1 saturated heterocycles. The molecule has 2 heterocycles. The van der Waals surface area contributed by atoms with Crippen molar-refractivity contribution in [3.63, 3.8) is 0 Å². The summed E-state index contributed by atoms with van der Waals surface area (Å²) in [6.07, 6.45) is 6.11. The summed E-state index contributed by atoms with van der Waals surface area (Å²) in [5, 5.41) is 1.63. The van der Waals surface area contributed by atoms with Crippen molar-refractivity contribution in [1.82, 2.24) is 19.8 Å². The second-order valence-electron chi connectivity index (χ2n) is 8.36. The summed E-state index contributed by atoms with van der Waals surface area (Å²) in [5.74, 6) is 8.88. The summed E-state index contributed by atoms with van der Waals surface area (Å²) in [5.41, 5.74) is 2.78. The summed E-state index contributed by atoms with van der Waals surface area (Å²) in [7, 11) is 1.69. The molecule has 0 radical (unpaired) electrons. The molecule has 0 spiro atoms. The van der Waals surface area contributed by atoms with Gasteiger partial charge in [-0.3, -0.25) is 9.80 Å². The van der Waals surface area contributed by atoms with E-state index in [0.717, 1.165) is 65.9 Å². The largest absolute Gasteiger partial charge is 0.496 e. The molecule has 9 nitrogen and oxygen atoms in total. The molecule has 1 aromatic carbocycles. The third-order valence-corrected chi connectivity index (χ3v) is 6.82. The SMILES string of the molecule is COc1cc(SC)ccc1CCN(N)c1cc(/C(C)=C/N=C(\C)N2CCN(C(C)=O)CC2)ncn1. The quantitative estimate of drug-likeness (QED) is 0.195. The first-order valence-electron chi connectivity index (χ1n) is 11.6. The summed E-state index contributed by atoms with van der Waals surface area (Å²) in [6.45, 7) is 9.16. The Labute approximate surface area is 212 Å². The lowest BCUT2D eigenvalue weighted by Crippen LogP contribution is -2.49. The van der Waals surface area contributed by atoms with E-state index in [-0.39, 0.29) is 5.91 Å². The number of hydrazine groups is 1. The number of nitrogens with zero attached hydrogens (tertiary/aromatic N) is 6. The number of ether oxygens (including phenoxy) is 1. The van der Waals surface area contributed by atoms with Crippen molar-refractivity contribution in [1.29, 1.82) is 0 Å². The minimum atomic E-state index is 0.121. The second kappa shape index (κ2) is 12.6. The Morgan fingerprint density at radius 3 is 2.54 bits per heavy atom. The van der Waals surface area contributed by atoms with E-state index in [4.69, 9.17) is 10.6 Å². The molecule has 0 atom stereocenters. The summed E-state index contributed by atoms with van der Waals surface area (Å²) >= 11 is 1.68. The molecule has 1 aliphatic rings. The van der Waals surface area contributed by atoms with Crippen LogP contribution in [0.3, 0.4) is 0 Å². The third-order valence-electron chi connectivity index (χ3n) is 6.09. The third kappa shape index (κ3) is 7.19. The number of allylic oxidation sites excluding steroid dienone is 1. The molecule has 0 aliphatic carbocycles. The predicted octanol–water partition coefficient (Wildman–Crippen LogP) is 3.07. The fourth-order valence-electron chi connectivity index (χ4n) is 3.82. The molecule has 1 aliphatic heterocycles. The van der Waals surface area contributed by atoms with Crippen LogP contribution in [0.4, 0.5) is 5.82 Å². The molecule has 10 heteroatoms. The first kappa shape index (κ1) is 26.5. The molecule has 0 saturated carbocycles. The highest BCUT2D eigenvalue weighted by Gasteiger charge is 2.19. The van der Waals surface area contributed by atoms with Gasteiger partial charge in [-0.1, -0.05) is 6.07 Å². The molecule has 3 rings (SSSR count). The fourth-order valence-corrected chi connectivity index (χ4v) is 4.25. The maximum Gasteiger partial charge on any atom is 0.219 e. The highest BCUT2D eigenvalue weighted by atomic mass is 32.2. The number of hydrogen-bond donors (Lipinski definition) is 1. The molecular weight excluding hydrogens is 462 g/mol. The van der Waals surface area contributed by atoms with E-state index in [0.29, 0.717) is 12.4 Å². The molecule has 188 valence electrons. The van der Waals surface area contributed by atoms with Crippen LogP contribution < -0.4 is 15.6 Å². The minimum Gasteiger partial charge on any atom is -0.496 e. The zero-order chi connectivity index (χ0) is 25.4. The Balaban J connectivity index is 1.63. The maximum atomic E-state index is 11.5. The van der Waals surface area contributed by atoms with Crippen molar-refractivity contribution in [2.24, 2.45) is 10.8 Å². The Morgan fingerprint density at radius 1 is 1.17 bits per heavy atom. The van der Waals surface area contributed by atoms with E-state index in [9.17, 15) is 4.79 Å². The van der Waals surface area contributed by atoms with Crippen molar-refractivity contribution >= 4 is 34.9 Å². The van der Waals surface area contributed by atoms with Crippen LogP contribution in [0.2, 0.25) is 0 Å². The first-order chi connectivity index (χ1) is 16.8. The molecule has 1 fully saturated rings. The van der Waals surface area contributed by atoms with Crippen LogP contribution in [0.1, 0.15) is 32.0 Å². The average molecular weight is 498 g/mol. The van der Waals surface area contributed by atoms with Gasteiger partial charge < -0.3 is 14.5 Å². The van der Waals surface area contributed by atoms with Crippen LogP contribution in [0.15, 0.2) is 46.7 Å². The molecule has 1 amide bonds. The number of aliphatic imine (C=N–C) groups is 1. The smallest absolute Gasteiger partial charge is 0.219 e. The molecule has 2 aromatic rings. The number of hydrogen-bond acceptors (Lipinski definition) is 8. The van der Waals surface area contributed by atoms with Gasteiger partial charge in [-0.2, -0.15) is 0 Å². The fraction of sp³-hybridized carbons (Fsp3) is 0.440. The highest BCUT2D eigenvalue weighted by molar-refractivity contribution is 7.98. The van der Waals surface area contributed by atoms with Gasteiger partial charge in [0.05, 0.1) is 12.8 Å². The average Bonchev–Trinajstić information content (AvgIpc) is 2.90. The van der Waals surface area contributed by atoms with Gasteiger partial charge in [0.15, 0.2) is 0 Å². The predicted molar refractivity (Wildman–Crippen MR) is 143 cm³/mol. The van der Waals surface area contributed by atoms with Crippen molar-refractivity contribution < 1.29 is 9.53 Å². The number of benzene rings is 1. The number of carbonyl (C=O) groups is 1. The number of amidine groups is 1. The highest BCUT2D eigenvalue weighted by Crippen LogP contribution is 2.26. The van der Waals surface area contributed by atoms with Gasteiger partial charge >= 0.3 is 0 Å². The number of aromatic nitrogens is 2. The lowest BCUT2D eigenvalue weighted by Gasteiger charge is -2.35. The normalized spacial score (nSPS) is 14.8. The Hall–Kier alpha value is -3.11. The molecule has 2 N–H and O–H groups in total. The Kier molecular flexibility index (Phi) is 9.50. The van der Waals surface area contributed by atoms with Crippen LogP contribution >= 0.6 is 11.8 Å². The van der Waals surface area contributed by atoms with E-state index < -0.39 is 0 Å². The zero-order valence-corrected chi connectivity index (χ0v) is 22.0.